The number of para-hydroxylation sites is 1. The lowest BCUT2D eigenvalue weighted by Crippen LogP contribution is -2.20. The number of carbonyl (C=O) groups excluding carboxylic acids is 1. The average molecular weight is 269 g/mol. The maximum atomic E-state index is 11.9. The SMILES string of the molecule is CCc1ccccc1NC(=O)COc1ccc(C)cc1. The van der Waals surface area contributed by atoms with Gasteiger partial charge < -0.3 is 10.1 Å². The minimum absolute atomic E-state index is 0.0150. The van der Waals surface area contributed by atoms with Crippen LogP contribution in [0.1, 0.15) is 18.1 Å². The number of rotatable bonds is 5. The van der Waals surface area contributed by atoms with Crippen molar-refractivity contribution in [1.29, 1.82) is 0 Å². The number of aryl methyl sites for hydroxylation is 2. The molecule has 0 aliphatic rings. The van der Waals surface area contributed by atoms with Gasteiger partial charge in [-0.1, -0.05) is 42.8 Å². The van der Waals surface area contributed by atoms with Gasteiger partial charge in [0.25, 0.3) is 5.91 Å². The molecule has 0 bridgehead atoms. The second-order valence-corrected chi connectivity index (χ2v) is 4.66. The maximum Gasteiger partial charge on any atom is 0.262 e. The van der Waals surface area contributed by atoms with Crippen molar-refractivity contribution in [1.82, 2.24) is 0 Å². The van der Waals surface area contributed by atoms with E-state index >= 15 is 0 Å². The molecule has 0 saturated heterocycles. The molecule has 1 N–H and O–H groups in total. The highest BCUT2D eigenvalue weighted by Crippen LogP contribution is 2.16. The van der Waals surface area contributed by atoms with Crippen LogP contribution in [0.5, 0.6) is 5.75 Å². The van der Waals surface area contributed by atoms with Crippen LogP contribution in [-0.2, 0) is 11.2 Å². The Balaban J connectivity index is 1.91. The van der Waals surface area contributed by atoms with Gasteiger partial charge in [-0.15, -0.1) is 0 Å². The van der Waals surface area contributed by atoms with E-state index < -0.39 is 0 Å². The summed E-state index contributed by atoms with van der Waals surface area (Å²) in [5, 5.41) is 2.88. The summed E-state index contributed by atoms with van der Waals surface area (Å²) in [6, 6.07) is 15.4. The summed E-state index contributed by atoms with van der Waals surface area (Å²) < 4.78 is 5.46. The molecule has 3 heteroatoms. The van der Waals surface area contributed by atoms with Crippen molar-refractivity contribution in [3.8, 4) is 5.75 Å². The molecule has 0 spiro atoms. The zero-order chi connectivity index (χ0) is 14.4. The number of hydrogen-bond donors (Lipinski definition) is 1. The molecule has 3 nitrogen and oxygen atoms in total. The van der Waals surface area contributed by atoms with Gasteiger partial charge in [0.05, 0.1) is 0 Å². The first kappa shape index (κ1) is 14.1. The topological polar surface area (TPSA) is 38.3 Å². The van der Waals surface area contributed by atoms with Crippen molar-refractivity contribution in [3.63, 3.8) is 0 Å². The third-order valence-corrected chi connectivity index (χ3v) is 3.06. The lowest BCUT2D eigenvalue weighted by Gasteiger charge is -2.10. The minimum atomic E-state index is -0.147. The molecular weight excluding hydrogens is 250 g/mol. The summed E-state index contributed by atoms with van der Waals surface area (Å²) in [5.74, 6) is 0.556. The standard InChI is InChI=1S/C17H19NO2/c1-3-14-6-4-5-7-16(14)18-17(19)12-20-15-10-8-13(2)9-11-15/h4-11H,3,12H2,1-2H3,(H,18,19). The molecule has 0 heterocycles. The molecule has 0 unspecified atom stereocenters. The Bertz CT molecular complexity index is 576. The molecule has 0 aliphatic carbocycles. The zero-order valence-electron chi connectivity index (χ0n) is 11.8. The van der Waals surface area contributed by atoms with Crippen molar-refractivity contribution in [2.45, 2.75) is 20.3 Å². The lowest BCUT2D eigenvalue weighted by molar-refractivity contribution is -0.118. The molecule has 1 amide bonds. The molecular formula is C17H19NO2. The lowest BCUT2D eigenvalue weighted by atomic mass is 10.1. The van der Waals surface area contributed by atoms with E-state index in [0.29, 0.717) is 5.75 Å². The molecule has 0 aromatic heterocycles. The predicted octanol–water partition coefficient (Wildman–Crippen LogP) is 3.57. The summed E-state index contributed by atoms with van der Waals surface area (Å²) in [5.41, 5.74) is 3.14. The first-order chi connectivity index (χ1) is 9.69. The Kier molecular flexibility index (Phi) is 4.77. The number of anilines is 1. The highest BCUT2D eigenvalue weighted by atomic mass is 16.5. The van der Waals surface area contributed by atoms with E-state index in [2.05, 4.69) is 12.2 Å². The second kappa shape index (κ2) is 6.75. The van der Waals surface area contributed by atoms with E-state index in [4.69, 9.17) is 4.74 Å². The van der Waals surface area contributed by atoms with Crippen LogP contribution in [0.25, 0.3) is 0 Å². The van der Waals surface area contributed by atoms with Crippen LogP contribution < -0.4 is 10.1 Å². The van der Waals surface area contributed by atoms with Crippen LogP contribution in [0.2, 0.25) is 0 Å². The fourth-order valence-electron chi connectivity index (χ4n) is 1.92. The molecule has 0 aliphatic heterocycles. The number of nitrogens with one attached hydrogen (secondary N) is 1. The van der Waals surface area contributed by atoms with E-state index in [1.54, 1.807) is 0 Å². The van der Waals surface area contributed by atoms with Crippen molar-refractivity contribution in [3.05, 3.63) is 59.7 Å². The molecule has 2 aromatic rings. The fourth-order valence-corrected chi connectivity index (χ4v) is 1.92. The van der Waals surface area contributed by atoms with Gasteiger partial charge in [0.2, 0.25) is 0 Å². The summed E-state index contributed by atoms with van der Waals surface area (Å²) in [7, 11) is 0. The number of ether oxygens (including phenoxy) is 1. The Morgan fingerprint density at radius 1 is 1.10 bits per heavy atom. The third kappa shape index (κ3) is 3.85. The van der Waals surface area contributed by atoms with Crippen LogP contribution in [0.3, 0.4) is 0 Å². The van der Waals surface area contributed by atoms with E-state index in [1.165, 1.54) is 5.56 Å². The summed E-state index contributed by atoms with van der Waals surface area (Å²) >= 11 is 0. The number of hydrogen-bond acceptors (Lipinski definition) is 2. The molecule has 0 atom stereocenters. The molecule has 2 aromatic carbocycles. The molecule has 0 radical (unpaired) electrons. The normalized spacial score (nSPS) is 10.1. The number of amides is 1. The number of benzene rings is 2. The Labute approximate surface area is 119 Å². The third-order valence-electron chi connectivity index (χ3n) is 3.06. The summed E-state index contributed by atoms with van der Waals surface area (Å²) in [6.45, 7) is 4.09. The van der Waals surface area contributed by atoms with E-state index in [9.17, 15) is 4.79 Å². The Morgan fingerprint density at radius 3 is 2.50 bits per heavy atom. The second-order valence-electron chi connectivity index (χ2n) is 4.66. The Morgan fingerprint density at radius 2 is 1.80 bits per heavy atom. The molecule has 20 heavy (non-hydrogen) atoms. The van der Waals surface area contributed by atoms with Crippen molar-refractivity contribution >= 4 is 11.6 Å². The van der Waals surface area contributed by atoms with Crippen LogP contribution in [0.4, 0.5) is 5.69 Å². The van der Waals surface area contributed by atoms with Gasteiger partial charge in [0.1, 0.15) is 5.75 Å². The van der Waals surface area contributed by atoms with Crippen molar-refractivity contribution in [2.75, 3.05) is 11.9 Å². The minimum Gasteiger partial charge on any atom is -0.484 e. The first-order valence-electron chi connectivity index (χ1n) is 6.76. The van der Waals surface area contributed by atoms with Gasteiger partial charge in [-0.05, 0) is 37.1 Å². The fraction of sp³-hybridized carbons (Fsp3) is 0.235. The van der Waals surface area contributed by atoms with Crippen LogP contribution in [-0.4, -0.2) is 12.5 Å². The van der Waals surface area contributed by atoms with Gasteiger partial charge in [-0.3, -0.25) is 4.79 Å². The van der Waals surface area contributed by atoms with Crippen LogP contribution >= 0.6 is 0 Å². The largest absolute Gasteiger partial charge is 0.484 e. The van der Waals surface area contributed by atoms with E-state index in [0.717, 1.165) is 17.7 Å². The van der Waals surface area contributed by atoms with Gasteiger partial charge >= 0.3 is 0 Å². The predicted molar refractivity (Wildman–Crippen MR) is 81.1 cm³/mol. The summed E-state index contributed by atoms with van der Waals surface area (Å²) in [6.07, 6.45) is 0.884. The highest BCUT2D eigenvalue weighted by Gasteiger charge is 2.06. The molecule has 2 rings (SSSR count). The average Bonchev–Trinajstić information content (AvgIpc) is 2.47. The molecule has 0 saturated carbocycles. The highest BCUT2D eigenvalue weighted by molar-refractivity contribution is 5.92. The van der Waals surface area contributed by atoms with Gasteiger partial charge in [-0.2, -0.15) is 0 Å². The quantitative estimate of drug-likeness (QED) is 0.901. The monoisotopic (exact) mass is 269 g/mol. The first-order valence-corrected chi connectivity index (χ1v) is 6.76. The van der Waals surface area contributed by atoms with Crippen LogP contribution in [0.15, 0.2) is 48.5 Å². The molecule has 104 valence electrons. The van der Waals surface area contributed by atoms with E-state index in [-0.39, 0.29) is 12.5 Å². The van der Waals surface area contributed by atoms with Gasteiger partial charge in [-0.25, -0.2) is 0 Å². The van der Waals surface area contributed by atoms with Crippen molar-refractivity contribution in [2.24, 2.45) is 0 Å². The Hall–Kier alpha value is -2.29. The summed E-state index contributed by atoms with van der Waals surface area (Å²) in [4.78, 5) is 11.9. The van der Waals surface area contributed by atoms with E-state index in [1.807, 2.05) is 55.5 Å². The van der Waals surface area contributed by atoms with Gasteiger partial charge in [0, 0.05) is 5.69 Å². The maximum absolute atomic E-state index is 11.9. The van der Waals surface area contributed by atoms with Crippen molar-refractivity contribution < 1.29 is 9.53 Å². The van der Waals surface area contributed by atoms with Gasteiger partial charge in [0.15, 0.2) is 6.61 Å². The zero-order valence-corrected chi connectivity index (χ0v) is 11.8. The smallest absolute Gasteiger partial charge is 0.262 e. The van der Waals surface area contributed by atoms with Crippen LogP contribution in [0, 0.1) is 6.92 Å². The molecule has 0 fully saturated rings. The number of carbonyl (C=O) groups is 1.